The van der Waals surface area contributed by atoms with Crippen LogP contribution in [0.2, 0.25) is 0 Å². The van der Waals surface area contributed by atoms with E-state index in [9.17, 15) is 9.90 Å². The van der Waals surface area contributed by atoms with Crippen molar-refractivity contribution in [3.05, 3.63) is 22.6 Å². The summed E-state index contributed by atoms with van der Waals surface area (Å²) >= 11 is 0. The third-order valence-electron chi connectivity index (χ3n) is 2.40. The van der Waals surface area contributed by atoms with E-state index in [-0.39, 0.29) is 5.56 Å². The van der Waals surface area contributed by atoms with Crippen LogP contribution in [0.15, 0.2) is 17.1 Å². The zero-order valence-electron chi connectivity index (χ0n) is 10.9. The van der Waals surface area contributed by atoms with Gasteiger partial charge in [0, 0.05) is 12.6 Å². The molecule has 0 saturated heterocycles. The van der Waals surface area contributed by atoms with Crippen molar-refractivity contribution in [2.75, 3.05) is 13.2 Å². The first kappa shape index (κ1) is 14.7. The minimum absolute atomic E-state index is 0.232. The molecule has 1 aromatic heterocycles. The van der Waals surface area contributed by atoms with E-state index >= 15 is 0 Å². The zero-order chi connectivity index (χ0) is 13.6. The van der Waals surface area contributed by atoms with Crippen molar-refractivity contribution in [2.24, 2.45) is 5.73 Å². The van der Waals surface area contributed by atoms with Crippen LogP contribution in [0.4, 0.5) is 0 Å². The van der Waals surface area contributed by atoms with Crippen molar-refractivity contribution in [3.8, 4) is 5.75 Å². The van der Waals surface area contributed by atoms with Crippen LogP contribution in [0.25, 0.3) is 0 Å². The minimum atomic E-state index is -0.808. The molecule has 0 aliphatic heterocycles. The lowest BCUT2D eigenvalue weighted by molar-refractivity contribution is 0.0646. The fraction of sp³-hybridized carbons (Fsp3) is 0.667. The van der Waals surface area contributed by atoms with Gasteiger partial charge in [0.05, 0.1) is 18.4 Å². The molecule has 0 aromatic carbocycles. The van der Waals surface area contributed by atoms with Gasteiger partial charge in [-0.3, -0.25) is 4.79 Å². The molecule has 0 atom stereocenters. The molecule has 6 heteroatoms. The highest BCUT2D eigenvalue weighted by molar-refractivity contribution is 5.13. The minimum Gasteiger partial charge on any atom is -0.492 e. The summed E-state index contributed by atoms with van der Waals surface area (Å²) in [4.78, 5) is 11.7. The molecule has 0 amide bonds. The second kappa shape index (κ2) is 6.51. The van der Waals surface area contributed by atoms with Crippen LogP contribution in [0.1, 0.15) is 26.7 Å². The highest BCUT2D eigenvalue weighted by Crippen LogP contribution is 2.08. The summed E-state index contributed by atoms with van der Waals surface area (Å²) in [6.45, 7) is 4.80. The Kier molecular flexibility index (Phi) is 5.30. The van der Waals surface area contributed by atoms with E-state index in [1.165, 1.54) is 16.9 Å². The topological polar surface area (TPSA) is 90.4 Å². The molecule has 3 N–H and O–H groups in total. The van der Waals surface area contributed by atoms with Crippen molar-refractivity contribution < 1.29 is 9.84 Å². The van der Waals surface area contributed by atoms with E-state index in [1.807, 2.05) is 0 Å². The van der Waals surface area contributed by atoms with Gasteiger partial charge in [-0.1, -0.05) is 0 Å². The average Bonchev–Trinajstić information content (AvgIpc) is 2.27. The normalized spacial score (nSPS) is 11.6. The molecule has 0 aliphatic carbocycles. The summed E-state index contributed by atoms with van der Waals surface area (Å²) in [5, 5.41) is 13.6. The van der Waals surface area contributed by atoms with Gasteiger partial charge in [0.1, 0.15) is 5.75 Å². The second-order valence-electron chi connectivity index (χ2n) is 4.81. The van der Waals surface area contributed by atoms with E-state index in [0.29, 0.717) is 31.9 Å². The molecule has 102 valence electrons. The Morgan fingerprint density at radius 1 is 1.56 bits per heavy atom. The molecule has 0 bridgehead atoms. The number of rotatable bonds is 7. The lowest BCUT2D eigenvalue weighted by atomic mass is 10.1. The molecule has 0 unspecified atom stereocenters. The molecule has 1 heterocycles. The maximum atomic E-state index is 11.7. The molecular weight excluding hydrogens is 234 g/mol. The Bertz CT molecular complexity index is 423. The van der Waals surface area contributed by atoms with Crippen molar-refractivity contribution in [2.45, 2.75) is 38.8 Å². The number of aryl methyl sites for hydroxylation is 1. The summed E-state index contributed by atoms with van der Waals surface area (Å²) in [5.74, 6) is 0.452. The first-order valence-electron chi connectivity index (χ1n) is 6.05. The van der Waals surface area contributed by atoms with Crippen molar-refractivity contribution in [3.63, 3.8) is 0 Å². The number of nitrogens with zero attached hydrogens (tertiary/aromatic N) is 2. The van der Waals surface area contributed by atoms with Crippen molar-refractivity contribution in [1.82, 2.24) is 9.78 Å². The molecular formula is C12H21N3O3. The van der Waals surface area contributed by atoms with E-state index < -0.39 is 5.60 Å². The molecule has 1 rings (SSSR count). The summed E-state index contributed by atoms with van der Waals surface area (Å²) in [6, 6.07) is 1.40. The fourth-order valence-corrected chi connectivity index (χ4v) is 1.32. The Balaban J connectivity index is 2.60. The van der Waals surface area contributed by atoms with Crippen LogP contribution in [-0.2, 0) is 6.54 Å². The Morgan fingerprint density at radius 2 is 2.28 bits per heavy atom. The van der Waals surface area contributed by atoms with Crippen molar-refractivity contribution >= 4 is 0 Å². The monoisotopic (exact) mass is 255 g/mol. The second-order valence-corrected chi connectivity index (χ2v) is 4.81. The molecule has 0 radical (unpaired) electrons. The largest absolute Gasteiger partial charge is 0.492 e. The highest BCUT2D eigenvalue weighted by atomic mass is 16.5. The molecule has 0 spiro atoms. The number of hydrogen-bond donors (Lipinski definition) is 2. The van der Waals surface area contributed by atoms with Gasteiger partial charge in [0.25, 0.3) is 5.56 Å². The van der Waals surface area contributed by atoms with Gasteiger partial charge in [-0.15, -0.1) is 0 Å². The Labute approximate surface area is 106 Å². The van der Waals surface area contributed by atoms with Gasteiger partial charge in [0.2, 0.25) is 0 Å². The lowest BCUT2D eigenvalue weighted by Gasteiger charge is -2.16. The first-order chi connectivity index (χ1) is 8.42. The third kappa shape index (κ3) is 5.29. The molecule has 0 saturated carbocycles. The third-order valence-corrected chi connectivity index (χ3v) is 2.40. The van der Waals surface area contributed by atoms with E-state index in [4.69, 9.17) is 10.5 Å². The number of ether oxygens (including phenoxy) is 1. The summed E-state index contributed by atoms with van der Waals surface area (Å²) < 4.78 is 6.64. The first-order valence-corrected chi connectivity index (χ1v) is 6.05. The lowest BCUT2D eigenvalue weighted by Crippen LogP contribution is -2.27. The maximum absolute atomic E-state index is 11.7. The molecule has 18 heavy (non-hydrogen) atoms. The summed E-state index contributed by atoms with van der Waals surface area (Å²) in [5.41, 5.74) is 4.30. The smallest absolute Gasteiger partial charge is 0.270 e. The van der Waals surface area contributed by atoms with Crippen LogP contribution in [0, 0.1) is 0 Å². The van der Waals surface area contributed by atoms with E-state index in [0.717, 1.165) is 6.42 Å². The van der Waals surface area contributed by atoms with Gasteiger partial charge in [-0.05, 0) is 33.2 Å². The SMILES string of the molecule is CC(C)(O)CCn1ncc(OCCCN)cc1=O. The standard InChI is InChI=1S/C12H21N3O3/c1-12(2,17)4-6-15-11(16)8-10(9-14-15)18-7-3-5-13/h8-9,17H,3-7,13H2,1-2H3. The predicted octanol–water partition coefficient (Wildman–Crippen LogP) is 0.132. The van der Waals surface area contributed by atoms with Crippen LogP contribution in [-0.4, -0.2) is 33.6 Å². The van der Waals surface area contributed by atoms with Crippen molar-refractivity contribution in [1.29, 1.82) is 0 Å². The van der Waals surface area contributed by atoms with Gasteiger partial charge in [-0.25, -0.2) is 4.68 Å². The number of hydrogen-bond acceptors (Lipinski definition) is 5. The van der Waals surface area contributed by atoms with E-state index in [2.05, 4.69) is 5.10 Å². The quantitative estimate of drug-likeness (QED) is 0.676. The van der Waals surface area contributed by atoms with Gasteiger partial charge in [-0.2, -0.15) is 5.10 Å². The zero-order valence-corrected chi connectivity index (χ0v) is 10.9. The fourth-order valence-electron chi connectivity index (χ4n) is 1.32. The highest BCUT2D eigenvalue weighted by Gasteiger charge is 2.13. The van der Waals surface area contributed by atoms with Gasteiger partial charge in [0.15, 0.2) is 0 Å². The van der Waals surface area contributed by atoms with Gasteiger partial charge < -0.3 is 15.6 Å². The van der Waals surface area contributed by atoms with E-state index in [1.54, 1.807) is 13.8 Å². The predicted molar refractivity (Wildman–Crippen MR) is 68.6 cm³/mol. The number of aromatic nitrogens is 2. The number of aliphatic hydroxyl groups is 1. The van der Waals surface area contributed by atoms with Crippen LogP contribution in [0.3, 0.4) is 0 Å². The Hall–Kier alpha value is -1.40. The van der Waals surface area contributed by atoms with Crippen LogP contribution < -0.4 is 16.0 Å². The molecule has 0 fully saturated rings. The number of nitrogens with two attached hydrogens (primary N) is 1. The summed E-state index contributed by atoms with van der Waals surface area (Å²) in [7, 11) is 0. The van der Waals surface area contributed by atoms with Gasteiger partial charge >= 0.3 is 0 Å². The summed E-state index contributed by atoms with van der Waals surface area (Å²) in [6.07, 6.45) is 2.71. The van der Waals surface area contributed by atoms with Crippen LogP contribution in [0.5, 0.6) is 5.75 Å². The molecule has 0 aliphatic rings. The molecule has 1 aromatic rings. The van der Waals surface area contributed by atoms with Crippen LogP contribution >= 0.6 is 0 Å². The molecule has 6 nitrogen and oxygen atoms in total. The Morgan fingerprint density at radius 3 is 2.83 bits per heavy atom. The average molecular weight is 255 g/mol. The maximum Gasteiger partial charge on any atom is 0.270 e.